The highest BCUT2D eigenvalue weighted by molar-refractivity contribution is 7.17. The molecule has 2 amide bonds. The summed E-state index contributed by atoms with van der Waals surface area (Å²) in [5.74, 6) is -0.0362. The smallest absolute Gasteiger partial charge is 0.270 e. The fourth-order valence-electron chi connectivity index (χ4n) is 3.71. The van der Waals surface area contributed by atoms with Gasteiger partial charge in [0.05, 0.1) is 16.1 Å². The van der Waals surface area contributed by atoms with E-state index in [2.05, 4.69) is 28.3 Å². The molecule has 1 N–H and O–H groups in total. The molecule has 0 spiro atoms. The van der Waals surface area contributed by atoms with Crippen molar-refractivity contribution in [3.63, 3.8) is 0 Å². The fraction of sp³-hybridized carbons (Fsp3) is 0.600. The molecule has 0 radical (unpaired) electrons. The summed E-state index contributed by atoms with van der Waals surface area (Å²) in [6.45, 7) is 7.99. The van der Waals surface area contributed by atoms with Gasteiger partial charge in [-0.15, -0.1) is 11.3 Å². The van der Waals surface area contributed by atoms with Crippen LogP contribution in [0.1, 0.15) is 43.6 Å². The molecule has 7 heteroatoms. The second kappa shape index (κ2) is 9.37. The van der Waals surface area contributed by atoms with Gasteiger partial charge < -0.3 is 19.5 Å². The second-order valence-corrected chi connectivity index (χ2v) is 7.82. The number of likely N-dealkylation sites (tertiary alicyclic amines) is 1. The van der Waals surface area contributed by atoms with Gasteiger partial charge in [0.1, 0.15) is 5.69 Å². The maximum absolute atomic E-state index is 13.1. The molecule has 1 aliphatic rings. The molecule has 0 bridgehead atoms. The molecule has 6 nitrogen and oxygen atoms in total. The molecule has 1 fully saturated rings. The minimum atomic E-state index is -0.124. The van der Waals surface area contributed by atoms with Crippen molar-refractivity contribution in [2.24, 2.45) is 5.92 Å². The number of piperidine rings is 1. The number of hydrogen-bond donors (Lipinski definition) is 1. The summed E-state index contributed by atoms with van der Waals surface area (Å²) < 4.78 is 8.51. The zero-order valence-electron chi connectivity index (χ0n) is 16.2. The lowest BCUT2D eigenvalue weighted by molar-refractivity contribution is -0.126. The molecule has 3 rings (SSSR count). The molecule has 1 atom stereocenters. The van der Waals surface area contributed by atoms with Crippen LogP contribution in [-0.4, -0.2) is 54.1 Å². The third-order valence-corrected chi connectivity index (χ3v) is 5.96. The van der Waals surface area contributed by atoms with Gasteiger partial charge in [-0.3, -0.25) is 9.59 Å². The van der Waals surface area contributed by atoms with Crippen molar-refractivity contribution in [1.29, 1.82) is 0 Å². The number of aryl methyl sites for hydroxylation is 1. The normalized spacial score (nSPS) is 17.4. The largest absolute Gasteiger partial charge is 0.382 e. The van der Waals surface area contributed by atoms with E-state index in [0.29, 0.717) is 26.3 Å². The van der Waals surface area contributed by atoms with Crippen LogP contribution >= 0.6 is 11.3 Å². The topological polar surface area (TPSA) is 63.6 Å². The van der Waals surface area contributed by atoms with E-state index >= 15 is 0 Å². The summed E-state index contributed by atoms with van der Waals surface area (Å²) >= 11 is 1.66. The van der Waals surface area contributed by atoms with Gasteiger partial charge in [0, 0.05) is 39.4 Å². The summed E-state index contributed by atoms with van der Waals surface area (Å²) in [5.41, 5.74) is 1.85. The Balaban J connectivity index is 1.60. The van der Waals surface area contributed by atoms with Crippen molar-refractivity contribution in [1.82, 2.24) is 14.8 Å². The van der Waals surface area contributed by atoms with E-state index < -0.39 is 0 Å². The first-order valence-corrected chi connectivity index (χ1v) is 10.7. The maximum atomic E-state index is 13.1. The molecule has 0 aliphatic carbocycles. The van der Waals surface area contributed by atoms with E-state index in [1.54, 1.807) is 11.3 Å². The molecular formula is C20H29N3O3S. The first kappa shape index (κ1) is 19.9. The number of amides is 2. The Bertz CT molecular complexity index is 783. The summed E-state index contributed by atoms with van der Waals surface area (Å²) in [6.07, 6.45) is 2.52. The molecule has 1 aliphatic heterocycles. The predicted molar refractivity (Wildman–Crippen MR) is 108 cm³/mol. The molecule has 0 saturated carbocycles. The van der Waals surface area contributed by atoms with Crippen molar-refractivity contribution in [3.8, 4) is 0 Å². The molecule has 1 unspecified atom stereocenters. The number of ether oxygens (including phenoxy) is 1. The Morgan fingerprint density at radius 1 is 1.37 bits per heavy atom. The predicted octanol–water partition coefficient (Wildman–Crippen LogP) is 3.12. The van der Waals surface area contributed by atoms with Gasteiger partial charge in [-0.1, -0.05) is 0 Å². The number of aromatic nitrogens is 1. The van der Waals surface area contributed by atoms with E-state index in [1.807, 2.05) is 17.9 Å². The number of rotatable bonds is 8. The number of hydrogen-bond acceptors (Lipinski definition) is 4. The summed E-state index contributed by atoms with van der Waals surface area (Å²) in [7, 11) is 0. The lowest BCUT2D eigenvalue weighted by Gasteiger charge is -2.32. The third-order valence-electron chi connectivity index (χ3n) is 5.11. The lowest BCUT2D eigenvalue weighted by Crippen LogP contribution is -2.46. The van der Waals surface area contributed by atoms with Crippen LogP contribution in [0.15, 0.2) is 17.5 Å². The van der Waals surface area contributed by atoms with Crippen LogP contribution in [0.3, 0.4) is 0 Å². The number of carbonyl (C=O) groups is 2. The summed E-state index contributed by atoms with van der Waals surface area (Å²) in [4.78, 5) is 27.4. The molecule has 0 aromatic carbocycles. The Labute approximate surface area is 164 Å². The highest BCUT2D eigenvalue weighted by atomic mass is 32.1. The van der Waals surface area contributed by atoms with Gasteiger partial charge in [-0.25, -0.2) is 0 Å². The maximum Gasteiger partial charge on any atom is 0.270 e. The molecule has 148 valence electrons. The number of nitrogens with one attached hydrogen (secondary N) is 1. The van der Waals surface area contributed by atoms with Crippen LogP contribution in [0, 0.1) is 5.92 Å². The Hall–Kier alpha value is -1.86. The first-order chi connectivity index (χ1) is 13.2. The number of nitrogens with zero attached hydrogens (tertiary/aromatic N) is 2. The van der Waals surface area contributed by atoms with E-state index in [0.717, 1.165) is 48.3 Å². The minimum Gasteiger partial charge on any atom is -0.382 e. The number of thiophene rings is 1. The number of fused-ring (bicyclic) bond motifs is 1. The monoisotopic (exact) mass is 391 g/mol. The standard InChI is InChI=1S/C20H29N3O3S/c1-3-23-16-8-12-27-18(16)13-17(23)20(25)22-10-5-7-15(14-22)19(24)21-9-6-11-26-4-2/h8,12-13,15H,3-7,9-11,14H2,1-2H3,(H,21,24). The Morgan fingerprint density at radius 3 is 3.00 bits per heavy atom. The number of carbonyl (C=O) groups excluding carboxylic acids is 2. The zero-order chi connectivity index (χ0) is 19.2. The van der Waals surface area contributed by atoms with Crippen LogP contribution < -0.4 is 5.32 Å². The van der Waals surface area contributed by atoms with Crippen LogP contribution in [0.25, 0.3) is 10.2 Å². The van der Waals surface area contributed by atoms with E-state index in [9.17, 15) is 9.59 Å². The van der Waals surface area contributed by atoms with Crippen LogP contribution in [0.2, 0.25) is 0 Å². The van der Waals surface area contributed by atoms with Gasteiger partial charge >= 0.3 is 0 Å². The Morgan fingerprint density at radius 2 is 2.22 bits per heavy atom. The summed E-state index contributed by atoms with van der Waals surface area (Å²) in [5, 5.41) is 5.04. The van der Waals surface area contributed by atoms with Crippen molar-refractivity contribution >= 4 is 33.4 Å². The minimum absolute atomic E-state index is 0.0362. The third kappa shape index (κ3) is 4.52. The molecule has 2 aromatic heterocycles. The highest BCUT2D eigenvalue weighted by Gasteiger charge is 2.30. The SMILES string of the molecule is CCOCCCNC(=O)C1CCCN(C(=O)c2cc3sccc3n2CC)C1. The zero-order valence-corrected chi connectivity index (χ0v) is 17.0. The van der Waals surface area contributed by atoms with Crippen LogP contribution in [0.4, 0.5) is 0 Å². The van der Waals surface area contributed by atoms with Gasteiger partial charge in [0.2, 0.25) is 5.91 Å². The van der Waals surface area contributed by atoms with E-state index in [1.165, 1.54) is 0 Å². The van der Waals surface area contributed by atoms with E-state index in [-0.39, 0.29) is 17.7 Å². The van der Waals surface area contributed by atoms with Crippen molar-refractivity contribution < 1.29 is 14.3 Å². The molecule has 2 aromatic rings. The van der Waals surface area contributed by atoms with Crippen molar-refractivity contribution in [2.75, 3.05) is 32.8 Å². The second-order valence-electron chi connectivity index (χ2n) is 6.88. The van der Waals surface area contributed by atoms with Gasteiger partial charge in [0.15, 0.2) is 0 Å². The average Bonchev–Trinajstić information content (AvgIpc) is 3.28. The van der Waals surface area contributed by atoms with Gasteiger partial charge in [-0.2, -0.15) is 0 Å². The molecule has 3 heterocycles. The van der Waals surface area contributed by atoms with Crippen molar-refractivity contribution in [2.45, 2.75) is 39.7 Å². The quantitative estimate of drug-likeness (QED) is 0.703. The van der Waals surface area contributed by atoms with Crippen molar-refractivity contribution in [3.05, 3.63) is 23.2 Å². The molecule has 27 heavy (non-hydrogen) atoms. The highest BCUT2D eigenvalue weighted by Crippen LogP contribution is 2.27. The fourth-order valence-corrected chi connectivity index (χ4v) is 4.53. The average molecular weight is 392 g/mol. The van der Waals surface area contributed by atoms with Gasteiger partial charge in [0.25, 0.3) is 5.91 Å². The molecule has 1 saturated heterocycles. The van der Waals surface area contributed by atoms with Crippen LogP contribution in [0.5, 0.6) is 0 Å². The first-order valence-electron chi connectivity index (χ1n) is 9.87. The van der Waals surface area contributed by atoms with E-state index in [4.69, 9.17) is 4.74 Å². The van der Waals surface area contributed by atoms with Crippen LogP contribution in [-0.2, 0) is 16.1 Å². The van der Waals surface area contributed by atoms with Gasteiger partial charge in [-0.05, 0) is 50.6 Å². The summed E-state index contributed by atoms with van der Waals surface area (Å²) in [6, 6.07) is 4.05. The lowest BCUT2D eigenvalue weighted by atomic mass is 9.97. The molecular weight excluding hydrogens is 362 g/mol. The Kier molecular flexibility index (Phi) is 6.90.